The van der Waals surface area contributed by atoms with Crippen LogP contribution in [0.1, 0.15) is 26.2 Å². The molecule has 0 aliphatic carbocycles. The predicted octanol–water partition coefficient (Wildman–Crippen LogP) is 4.49. The van der Waals surface area contributed by atoms with Crippen LogP contribution in [0.2, 0.25) is 0 Å². The van der Waals surface area contributed by atoms with Gasteiger partial charge in [-0.1, -0.05) is 27.7 Å². The molecular formula is C18H20BrFN4OS. The summed E-state index contributed by atoms with van der Waals surface area (Å²) in [5.41, 5.74) is 0.171. The molecule has 1 amide bonds. The summed E-state index contributed by atoms with van der Waals surface area (Å²) in [6.45, 7) is 3.19. The van der Waals surface area contributed by atoms with E-state index < -0.39 is 5.82 Å². The van der Waals surface area contributed by atoms with Gasteiger partial charge in [0.15, 0.2) is 0 Å². The first-order chi connectivity index (χ1) is 12.5. The third kappa shape index (κ3) is 4.94. The number of amides is 1. The van der Waals surface area contributed by atoms with E-state index in [1.807, 2.05) is 6.07 Å². The molecule has 2 heterocycles. The molecule has 1 aromatic carbocycles. The van der Waals surface area contributed by atoms with Crippen LogP contribution < -0.4 is 10.2 Å². The Morgan fingerprint density at radius 1 is 1.38 bits per heavy atom. The summed E-state index contributed by atoms with van der Waals surface area (Å²) in [4.78, 5) is 23.0. The van der Waals surface area contributed by atoms with Crippen LogP contribution >= 0.6 is 27.7 Å². The lowest BCUT2D eigenvalue weighted by Gasteiger charge is -2.34. The highest BCUT2D eigenvalue weighted by atomic mass is 79.9. The molecule has 0 spiro atoms. The summed E-state index contributed by atoms with van der Waals surface area (Å²) in [6.07, 6.45) is 5.11. The van der Waals surface area contributed by atoms with Crippen LogP contribution in [0.4, 0.5) is 15.9 Å². The van der Waals surface area contributed by atoms with Crippen LogP contribution in [0.3, 0.4) is 0 Å². The number of anilines is 2. The van der Waals surface area contributed by atoms with Crippen molar-refractivity contribution < 1.29 is 9.18 Å². The maximum atomic E-state index is 13.8. The summed E-state index contributed by atoms with van der Waals surface area (Å²) < 4.78 is 14.4. The largest absolute Gasteiger partial charge is 0.354 e. The molecular weight excluding hydrogens is 419 g/mol. The minimum Gasteiger partial charge on any atom is -0.354 e. The standard InChI is InChI=1S/C18H20BrFN4OS/c1-12-4-2-3-7-24(12)16-9-18(22-11-21-16)26-10-17(25)23-15-6-5-13(19)8-14(15)20/h5-6,8-9,11-12H,2-4,7,10H2,1H3,(H,23,25). The third-order valence-electron chi connectivity index (χ3n) is 4.28. The van der Waals surface area contributed by atoms with E-state index in [1.165, 1.54) is 36.6 Å². The van der Waals surface area contributed by atoms with E-state index in [9.17, 15) is 9.18 Å². The van der Waals surface area contributed by atoms with Gasteiger partial charge < -0.3 is 10.2 Å². The van der Waals surface area contributed by atoms with E-state index in [-0.39, 0.29) is 17.3 Å². The molecule has 1 atom stereocenters. The van der Waals surface area contributed by atoms with Crippen molar-refractivity contribution in [1.29, 1.82) is 0 Å². The maximum absolute atomic E-state index is 13.8. The van der Waals surface area contributed by atoms with Crippen molar-refractivity contribution in [1.82, 2.24) is 9.97 Å². The second kappa shape index (κ2) is 8.81. The number of nitrogens with one attached hydrogen (secondary N) is 1. The normalized spacial score (nSPS) is 17.2. The Morgan fingerprint density at radius 2 is 2.23 bits per heavy atom. The summed E-state index contributed by atoms with van der Waals surface area (Å²) in [7, 11) is 0. The smallest absolute Gasteiger partial charge is 0.234 e. The van der Waals surface area contributed by atoms with Gasteiger partial charge in [0.05, 0.1) is 11.4 Å². The summed E-state index contributed by atoms with van der Waals surface area (Å²) in [5, 5.41) is 3.32. The predicted molar refractivity (Wildman–Crippen MR) is 106 cm³/mol. The van der Waals surface area contributed by atoms with Crippen molar-refractivity contribution in [2.45, 2.75) is 37.3 Å². The van der Waals surface area contributed by atoms with E-state index in [0.29, 0.717) is 10.5 Å². The first-order valence-electron chi connectivity index (χ1n) is 8.49. The Labute approximate surface area is 164 Å². The lowest BCUT2D eigenvalue weighted by Crippen LogP contribution is -2.38. The van der Waals surface area contributed by atoms with Crippen molar-refractivity contribution in [3.8, 4) is 0 Å². The monoisotopic (exact) mass is 438 g/mol. The maximum Gasteiger partial charge on any atom is 0.234 e. The van der Waals surface area contributed by atoms with Crippen LogP contribution in [0.25, 0.3) is 0 Å². The third-order valence-corrected chi connectivity index (χ3v) is 5.70. The number of rotatable bonds is 5. The van der Waals surface area contributed by atoms with Crippen molar-refractivity contribution >= 4 is 45.1 Å². The van der Waals surface area contributed by atoms with E-state index in [2.05, 4.69) is 43.0 Å². The van der Waals surface area contributed by atoms with E-state index in [1.54, 1.807) is 6.07 Å². The molecule has 1 fully saturated rings. The molecule has 1 saturated heterocycles. The van der Waals surface area contributed by atoms with Crippen LogP contribution in [0.5, 0.6) is 0 Å². The summed E-state index contributed by atoms with van der Waals surface area (Å²) in [5.74, 6) is 0.305. The van der Waals surface area contributed by atoms with E-state index in [4.69, 9.17) is 0 Å². The number of carbonyl (C=O) groups is 1. The molecule has 1 aromatic heterocycles. The number of carbonyl (C=O) groups excluding carboxylic acids is 1. The molecule has 1 aliphatic rings. The Bertz CT molecular complexity index is 792. The Hall–Kier alpha value is -1.67. The fourth-order valence-corrected chi connectivity index (χ4v) is 3.92. The fraction of sp³-hybridized carbons (Fsp3) is 0.389. The van der Waals surface area contributed by atoms with Gasteiger partial charge in [-0.3, -0.25) is 4.79 Å². The average molecular weight is 439 g/mol. The van der Waals surface area contributed by atoms with Gasteiger partial charge in [0.25, 0.3) is 0 Å². The van der Waals surface area contributed by atoms with Gasteiger partial charge in [-0.2, -0.15) is 0 Å². The highest BCUT2D eigenvalue weighted by Gasteiger charge is 2.20. The molecule has 8 heteroatoms. The topological polar surface area (TPSA) is 58.1 Å². The fourth-order valence-electron chi connectivity index (χ4n) is 2.92. The quantitative estimate of drug-likeness (QED) is 0.550. The zero-order chi connectivity index (χ0) is 18.5. The van der Waals surface area contributed by atoms with E-state index in [0.717, 1.165) is 30.2 Å². The second-order valence-corrected chi connectivity index (χ2v) is 8.12. The van der Waals surface area contributed by atoms with Crippen molar-refractivity contribution in [2.75, 3.05) is 22.5 Å². The molecule has 3 rings (SSSR count). The van der Waals surface area contributed by atoms with Gasteiger partial charge in [0.1, 0.15) is 23.0 Å². The Morgan fingerprint density at radius 3 is 3.00 bits per heavy atom. The minimum absolute atomic E-state index is 0.154. The van der Waals surface area contributed by atoms with Crippen LogP contribution in [0.15, 0.2) is 40.1 Å². The summed E-state index contributed by atoms with van der Waals surface area (Å²) >= 11 is 4.51. The van der Waals surface area contributed by atoms with Crippen LogP contribution in [-0.4, -0.2) is 34.2 Å². The molecule has 0 radical (unpaired) electrons. The number of thioether (sulfide) groups is 1. The number of aromatic nitrogens is 2. The van der Waals surface area contributed by atoms with Gasteiger partial charge in [-0.15, -0.1) is 0 Å². The molecule has 1 N–H and O–H groups in total. The first-order valence-corrected chi connectivity index (χ1v) is 10.3. The van der Waals surface area contributed by atoms with Crippen LogP contribution in [-0.2, 0) is 4.79 Å². The average Bonchev–Trinajstić information content (AvgIpc) is 2.63. The molecule has 138 valence electrons. The molecule has 26 heavy (non-hydrogen) atoms. The molecule has 1 aliphatic heterocycles. The molecule has 0 saturated carbocycles. The number of nitrogens with zero attached hydrogens (tertiary/aromatic N) is 3. The highest BCUT2D eigenvalue weighted by Crippen LogP contribution is 2.26. The van der Waals surface area contributed by atoms with Gasteiger partial charge >= 0.3 is 0 Å². The number of hydrogen-bond acceptors (Lipinski definition) is 5. The van der Waals surface area contributed by atoms with Gasteiger partial charge in [0, 0.05) is 23.1 Å². The zero-order valence-electron chi connectivity index (χ0n) is 14.4. The summed E-state index contributed by atoms with van der Waals surface area (Å²) in [6, 6.07) is 6.91. The zero-order valence-corrected chi connectivity index (χ0v) is 16.8. The molecule has 2 aromatic rings. The molecule has 5 nitrogen and oxygen atoms in total. The molecule has 0 bridgehead atoms. The highest BCUT2D eigenvalue weighted by molar-refractivity contribution is 9.10. The minimum atomic E-state index is -0.471. The first kappa shape index (κ1) is 19.1. The second-order valence-electron chi connectivity index (χ2n) is 6.21. The number of halogens is 2. The van der Waals surface area contributed by atoms with Gasteiger partial charge in [0.2, 0.25) is 5.91 Å². The van der Waals surface area contributed by atoms with Gasteiger partial charge in [-0.25, -0.2) is 14.4 Å². The van der Waals surface area contributed by atoms with Crippen molar-refractivity contribution in [2.24, 2.45) is 0 Å². The lowest BCUT2D eigenvalue weighted by molar-refractivity contribution is -0.113. The number of hydrogen-bond donors (Lipinski definition) is 1. The van der Waals surface area contributed by atoms with Crippen LogP contribution in [0, 0.1) is 5.82 Å². The van der Waals surface area contributed by atoms with Crippen molar-refractivity contribution in [3.63, 3.8) is 0 Å². The van der Waals surface area contributed by atoms with E-state index >= 15 is 0 Å². The van der Waals surface area contributed by atoms with Gasteiger partial charge in [-0.05, 0) is 44.4 Å². The van der Waals surface area contributed by atoms with Crippen molar-refractivity contribution in [3.05, 3.63) is 40.9 Å². The molecule has 1 unspecified atom stereocenters. The number of piperidine rings is 1. The SMILES string of the molecule is CC1CCCCN1c1cc(SCC(=O)Nc2ccc(Br)cc2F)ncn1. The lowest BCUT2D eigenvalue weighted by atomic mass is 10.0. The Balaban J connectivity index is 1.59. The number of benzene rings is 1. The Kier molecular flexibility index (Phi) is 6.48.